The van der Waals surface area contributed by atoms with Crippen LogP contribution in [0.5, 0.6) is 5.75 Å². The number of carbonyl (C=O) groups excluding carboxylic acids is 1. The Morgan fingerprint density at radius 1 is 1.17 bits per heavy atom. The fraction of sp³-hybridized carbons (Fsp3) is 0.458. The minimum Gasteiger partial charge on any atom is -0.496 e. The van der Waals surface area contributed by atoms with Gasteiger partial charge >= 0.3 is 0 Å². The van der Waals surface area contributed by atoms with Crippen LogP contribution in [0.2, 0.25) is 5.02 Å². The zero-order chi connectivity index (χ0) is 21.7. The van der Waals surface area contributed by atoms with Crippen LogP contribution in [-0.4, -0.2) is 43.1 Å². The van der Waals surface area contributed by atoms with Gasteiger partial charge in [-0.25, -0.2) is 0 Å². The summed E-state index contributed by atoms with van der Waals surface area (Å²) in [6.07, 6.45) is 0.782. The summed E-state index contributed by atoms with van der Waals surface area (Å²) in [7, 11) is 1.70. The molecule has 2 N–H and O–H groups in total. The number of rotatable bonds is 8. The second-order valence-electron chi connectivity index (χ2n) is 7.92. The van der Waals surface area contributed by atoms with Gasteiger partial charge in [0, 0.05) is 37.2 Å². The number of likely N-dealkylation sites (tertiary alicyclic amines) is 1. The predicted molar refractivity (Wildman–Crippen MR) is 122 cm³/mol. The summed E-state index contributed by atoms with van der Waals surface area (Å²) in [6.45, 7) is 9.05. The van der Waals surface area contributed by atoms with E-state index in [1.165, 1.54) is 16.7 Å². The molecule has 5 nitrogen and oxygen atoms in total. The van der Waals surface area contributed by atoms with Gasteiger partial charge in [0.15, 0.2) is 0 Å². The average Bonchev–Trinajstić information content (AvgIpc) is 3.14. The van der Waals surface area contributed by atoms with E-state index in [1.54, 1.807) is 7.11 Å². The van der Waals surface area contributed by atoms with E-state index in [0.29, 0.717) is 13.1 Å². The van der Waals surface area contributed by atoms with Crippen molar-refractivity contribution in [1.82, 2.24) is 15.5 Å². The molecule has 1 heterocycles. The maximum atomic E-state index is 12.7. The third kappa shape index (κ3) is 5.15. The SMILES string of the molecule is CCNC(=O)[C@@H]1C[C@@H](NCc2ccc(OC)c(C)c2C)CN1Cc1ccccc1Cl. The van der Waals surface area contributed by atoms with E-state index in [2.05, 4.69) is 35.4 Å². The fourth-order valence-electron chi connectivity index (χ4n) is 4.16. The number of ether oxygens (including phenoxy) is 1. The summed E-state index contributed by atoms with van der Waals surface area (Å²) < 4.78 is 5.42. The first kappa shape index (κ1) is 22.6. The number of methoxy groups -OCH3 is 1. The lowest BCUT2D eigenvalue weighted by Gasteiger charge is -2.23. The number of nitrogens with zero attached hydrogens (tertiary/aromatic N) is 1. The highest BCUT2D eigenvalue weighted by Crippen LogP contribution is 2.26. The number of halogens is 1. The summed E-state index contributed by atoms with van der Waals surface area (Å²) in [5.41, 5.74) is 4.72. The third-order valence-electron chi connectivity index (χ3n) is 6.04. The van der Waals surface area contributed by atoms with Crippen molar-refractivity contribution in [1.29, 1.82) is 0 Å². The molecule has 1 amide bonds. The Morgan fingerprint density at radius 3 is 2.63 bits per heavy atom. The van der Waals surface area contributed by atoms with Gasteiger partial charge in [0.25, 0.3) is 0 Å². The molecule has 3 rings (SSSR count). The Bertz CT molecular complexity index is 887. The molecule has 0 radical (unpaired) electrons. The number of amides is 1. The second-order valence-corrected chi connectivity index (χ2v) is 8.33. The molecule has 30 heavy (non-hydrogen) atoms. The predicted octanol–water partition coefficient (Wildman–Crippen LogP) is 3.83. The minimum atomic E-state index is -0.155. The molecule has 0 aliphatic carbocycles. The van der Waals surface area contributed by atoms with Crippen molar-refractivity contribution in [3.63, 3.8) is 0 Å². The van der Waals surface area contributed by atoms with Gasteiger partial charge in [-0.05, 0) is 61.6 Å². The van der Waals surface area contributed by atoms with Crippen molar-refractivity contribution in [2.45, 2.75) is 52.4 Å². The Balaban J connectivity index is 1.70. The number of hydrogen-bond donors (Lipinski definition) is 2. The molecule has 1 aliphatic rings. The number of carbonyl (C=O) groups is 1. The van der Waals surface area contributed by atoms with Crippen LogP contribution in [0.15, 0.2) is 36.4 Å². The molecule has 2 aromatic carbocycles. The van der Waals surface area contributed by atoms with Gasteiger partial charge in [0.1, 0.15) is 5.75 Å². The minimum absolute atomic E-state index is 0.0883. The number of benzene rings is 2. The lowest BCUT2D eigenvalue weighted by molar-refractivity contribution is -0.125. The zero-order valence-electron chi connectivity index (χ0n) is 18.3. The molecule has 1 fully saturated rings. The highest BCUT2D eigenvalue weighted by Gasteiger charge is 2.36. The van der Waals surface area contributed by atoms with Crippen molar-refractivity contribution in [2.75, 3.05) is 20.2 Å². The summed E-state index contributed by atoms with van der Waals surface area (Å²) >= 11 is 6.37. The lowest BCUT2D eigenvalue weighted by atomic mass is 10.0. The molecule has 162 valence electrons. The molecule has 2 atom stereocenters. The maximum Gasteiger partial charge on any atom is 0.237 e. The van der Waals surface area contributed by atoms with E-state index >= 15 is 0 Å². The normalized spacial score (nSPS) is 19.1. The van der Waals surface area contributed by atoms with Crippen LogP contribution in [0.3, 0.4) is 0 Å². The zero-order valence-corrected chi connectivity index (χ0v) is 19.1. The summed E-state index contributed by atoms with van der Waals surface area (Å²) in [5, 5.41) is 7.39. The monoisotopic (exact) mass is 429 g/mol. The second kappa shape index (κ2) is 10.3. The van der Waals surface area contributed by atoms with Crippen molar-refractivity contribution in [3.8, 4) is 5.75 Å². The molecule has 0 unspecified atom stereocenters. The van der Waals surface area contributed by atoms with Crippen LogP contribution in [0, 0.1) is 13.8 Å². The molecule has 1 aliphatic heterocycles. The van der Waals surface area contributed by atoms with Crippen molar-refractivity contribution < 1.29 is 9.53 Å². The number of likely N-dealkylation sites (N-methyl/N-ethyl adjacent to an activating group) is 1. The highest BCUT2D eigenvalue weighted by atomic mass is 35.5. The van der Waals surface area contributed by atoms with Gasteiger partial charge in [0.05, 0.1) is 13.2 Å². The van der Waals surface area contributed by atoms with Crippen LogP contribution in [0.4, 0.5) is 0 Å². The smallest absolute Gasteiger partial charge is 0.237 e. The van der Waals surface area contributed by atoms with Gasteiger partial charge in [-0.1, -0.05) is 35.9 Å². The number of hydrogen-bond acceptors (Lipinski definition) is 4. The first-order valence-corrected chi connectivity index (χ1v) is 10.9. The topological polar surface area (TPSA) is 53.6 Å². The van der Waals surface area contributed by atoms with E-state index in [9.17, 15) is 4.79 Å². The Morgan fingerprint density at radius 2 is 1.93 bits per heavy atom. The summed E-state index contributed by atoms with van der Waals surface area (Å²) in [4.78, 5) is 14.9. The van der Waals surface area contributed by atoms with Gasteiger partial charge in [-0.15, -0.1) is 0 Å². The Labute approximate surface area is 184 Å². The molecule has 1 saturated heterocycles. The van der Waals surface area contributed by atoms with Gasteiger partial charge in [-0.2, -0.15) is 0 Å². The molecule has 0 saturated carbocycles. The summed E-state index contributed by atoms with van der Waals surface area (Å²) in [6, 6.07) is 12.1. The Hall–Kier alpha value is -2.08. The van der Waals surface area contributed by atoms with Crippen LogP contribution >= 0.6 is 11.6 Å². The van der Waals surface area contributed by atoms with E-state index in [4.69, 9.17) is 16.3 Å². The van der Waals surface area contributed by atoms with E-state index in [-0.39, 0.29) is 18.0 Å². The van der Waals surface area contributed by atoms with Gasteiger partial charge < -0.3 is 15.4 Å². The molecular weight excluding hydrogens is 398 g/mol. The average molecular weight is 430 g/mol. The van der Waals surface area contributed by atoms with E-state index in [0.717, 1.165) is 35.8 Å². The van der Waals surface area contributed by atoms with Crippen LogP contribution in [0.25, 0.3) is 0 Å². The summed E-state index contributed by atoms with van der Waals surface area (Å²) in [5.74, 6) is 1.00. The first-order chi connectivity index (χ1) is 14.4. The first-order valence-electron chi connectivity index (χ1n) is 10.6. The molecule has 6 heteroatoms. The van der Waals surface area contributed by atoms with E-state index in [1.807, 2.05) is 37.3 Å². The van der Waals surface area contributed by atoms with E-state index < -0.39 is 0 Å². The van der Waals surface area contributed by atoms with Gasteiger partial charge in [0.2, 0.25) is 5.91 Å². The fourth-order valence-corrected chi connectivity index (χ4v) is 4.35. The largest absolute Gasteiger partial charge is 0.496 e. The third-order valence-corrected chi connectivity index (χ3v) is 6.41. The molecule has 0 spiro atoms. The molecule has 2 aromatic rings. The van der Waals surface area contributed by atoms with Crippen LogP contribution in [-0.2, 0) is 17.9 Å². The van der Waals surface area contributed by atoms with Crippen molar-refractivity contribution in [3.05, 3.63) is 63.7 Å². The standard InChI is InChI=1S/C24H32ClN3O2/c1-5-26-24(29)22-12-20(15-28(22)14-19-8-6-7-9-21(19)25)27-13-18-10-11-23(30-4)17(3)16(18)2/h6-11,20,22,27H,5,12-15H2,1-4H3,(H,26,29)/t20-,22+/m1/s1. The highest BCUT2D eigenvalue weighted by molar-refractivity contribution is 6.31. The Kier molecular flexibility index (Phi) is 7.75. The van der Waals surface area contributed by atoms with Crippen molar-refractivity contribution >= 4 is 17.5 Å². The molecular formula is C24H32ClN3O2. The molecule has 0 aromatic heterocycles. The lowest BCUT2D eigenvalue weighted by Crippen LogP contribution is -2.42. The van der Waals surface area contributed by atoms with Crippen LogP contribution < -0.4 is 15.4 Å². The van der Waals surface area contributed by atoms with Crippen molar-refractivity contribution in [2.24, 2.45) is 0 Å². The van der Waals surface area contributed by atoms with Crippen LogP contribution in [0.1, 0.15) is 35.6 Å². The molecule has 0 bridgehead atoms. The number of nitrogens with one attached hydrogen (secondary N) is 2. The van der Waals surface area contributed by atoms with Gasteiger partial charge in [-0.3, -0.25) is 9.69 Å². The quantitative estimate of drug-likeness (QED) is 0.669. The maximum absolute atomic E-state index is 12.7.